The lowest BCUT2D eigenvalue weighted by Gasteiger charge is -2.07. The minimum atomic E-state index is -0.340. The SMILES string of the molecule is O=c1[nH]c(NCc2cccnc2)nc2ccc(-c3ccc(F)cc3)nc12. The summed E-state index contributed by atoms with van der Waals surface area (Å²) in [5, 5.41) is 3.07. The number of benzene rings is 1. The molecule has 0 saturated carbocycles. The van der Waals surface area contributed by atoms with Crippen molar-refractivity contribution in [1.82, 2.24) is 19.9 Å². The number of hydrogen-bond donors (Lipinski definition) is 2. The van der Waals surface area contributed by atoms with Crippen LogP contribution in [0.3, 0.4) is 0 Å². The monoisotopic (exact) mass is 347 g/mol. The minimum absolute atomic E-state index is 0.235. The van der Waals surface area contributed by atoms with Gasteiger partial charge in [0.2, 0.25) is 5.95 Å². The zero-order chi connectivity index (χ0) is 17.9. The Morgan fingerprint density at radius 3 is 2.65 bits per heavy atom. The van der Waals surface area contributed by atoms with Gasteiger partial charge in [-0.2, -0.15) is 0 Å². The largest absolute Gasteiger partial charge is 0.352 e. The van der Waals surface area contributed by atoms with Gasteiger partial charge in [0.25, 0.3) is 5.56 Å². The summed E-state index contributed by atoms with van der Waals surface area (Å²) in [4.78, 5) is 27.9. The summed E-state index contributed by atoms with van der Waals surface area (Å²) in [6, 6.07) is 13.2. The molecule has 26 heavy (non-hydrogen) atoms. The smallest absolute Gasteiger partial charge is 0.278 e. The van der Waals surface area contributed by atoms with Crippen molar-refractivity contribution in [2.75, 3.05) is 5.32 Å². The molecule has 0 fully saturated rings. The van der Waals surface area contributed by atoms with Crippen LogP contribution in [0.15, 0.2) is 65.7 Å². The van der Waals surface area contributed by atoms with Crippen LogP contribution in [0.4, 0.5) is 10.3 Å². The van der Waals surface area contributed by atoms with E-state index in [1.807, 2.05) is 12.1 Å². The number of nitrogens with zero attached hydrogens (tertiary/aromatic N) is 3. The molecule has 0 amide bonds. The second kappa shape index (κ2) is 6.72. The lowest BCUT2D eigenvalue weighted by atomic mass is 10.1. The Kier molecular flexibility index (Phi) is 4.10. The molecule has 0 spiro atoms. The zero-order valence-corrected chi connectivity index (χ0v) is 13.6. The summed E-state index contributed by atoms with van der Waals surface area (Å²) in [6.07, 6.45) is 3.44. The molecule has 0 saturated heterocycles. The summed E-state index contributed by atoms with van der Waals surface area (Å²) in [6.45, 7) is 0.489. The number of halogens is 1. The van der Waals surface area contributed by atoms with Crippen LogP contribution < -0.4 is 10.9 Å². The standard InChI is InChI=1S/C19H14FN5O/c20-14-5-3-13(4-6-14)15-7-8-16-17(23-15)18(26)25-19(24-16)22-11-12-2-1-9-21-10-12/h1-10H,11H2,(H2,22,24,25,26). The fourth-order valence-electron chi connectivity index (χ4n) is 2.58. The molecule has 6 nitrogen and oxygen atoms in total. The highest BCUT2D eigenvalue weighted by molar-refractivity contribution is 5.78. The van der Waals surface area contributed by atoms with E-state index in [2.05, 4.69) is 25.3 Å². The van der Waals surface area contributed by atoms with E-state index in [-0.39, 0.29) is 16.9 Å². The molecule has 3 aromatic heterocycles. The van der Waals surface area contributed by atoms with Crippen LogP contribution in [-0.4, -0.2) is 19.9 Å². The molecule has 0 unspecified atom stereocenters. The summed E-state index contributed by atoms with van der Waals surface area (Å²) in [5.74, 6) is 0.0427. The number of H-pyrrole nitrogens is 1. The molecule has 128 valence electrons. The van der Waals surface area contributed by atoms with E-state index in [1.165, 1.54) is 12.1 Å². The third-order valence-electron chi connectivity index (χ3n) is 3.88. The Balaban J connectivity index is 1.64. The van der Waals surface area contributed by atoms with E-state index in [0.29, 0.717) is 23.7 Å². The number of pyridine rings is 2. The molecule has 3 heterocycles. The number of aromatic amines is 1. The van der Waals surface area contributed by atoms with Crippen molar-refractivity contribution in [3.8, 4) is 11.3 Å². The van der Waals surface area contributed by atoms with Gasteiger partial charge in [-0.25, -0.2) is 14.4 Å². The van der Waals surface area contributed by atoms with E-state index in [0.717, 1.165) is 11.1 Å². The fraction of sp³-hybridized carbons (Fsp3) is 0.0526. The first-order valence-corrected chi connectivity index (χ1v) is 7.99. The van der Waals surface area contributed by atoms with Crippen molar-refractivity contribution in [3.05, 3.63) is 82.7 Å². The average Bonchev–Trinajstić information content (AvgIpc) is 2.68. The molecule has 0 atom stereocenters. The van der Waals surface area contributed by atoms with Gasteiger partial charge >= 0.3 is 0 Å². The third-order valence-corrected chi connectivity index (χ3v) is 3.88. The van der Waals surface area contributed by atoms with Crippen molar-refractivity contribution in [2.45, 2.75) is 6.54 Å². The molecule has 0 aliphatic rings. The van der Waals surface area contributed by atoms with Gasteiger partial charge in [0.05, 0.1) is 11.2 Å². The van der Waals surface area contributed by atoms with Crippen LogP contribution in [-0.2, 0) is 6.54 Å². The topological polar surface area (TPSA) is 83.6 Å². The Morgan fingerprint density at radius 1 is 1.04 bits per heavy atom. The molecular weight excluding hydrogens is 333 g/mol. The van der Waals surface area contributed by atoms with E-state index in [1.54, 1.807) is 36.7 Å². The number of anilines is 1. The maximum Gasteiger partial charge on any atom is 0.278 e. The predicted molar refractivity (Wildman–Crippen MR) is 97.1 cm³/mol. The van der Waals surface area contributed by atoms with Crippen molar-refractivity contribution in [1.29, 1.82) is 0 Å². The van der Waals surface area contributed by atoms with Gasteiger partial charge in [-0.1, -0.05) is 6.07 Å². The van der Waals surface area contributed by atoms with Crippen molar-refractivity contribution in [2.24, 2.45) is 0 Å². The maximum atomic E-state index is 13.1. The molecule has 4 aromatic rings. The van der Waals surface area contributed by atoms with Crippen molar-refractivity contribution in [3.63, 3.8) is 0 Å². The van der Waals surface area contributed by atoms with Crippen molar-refractivity contribution >= 4 is 17.0 Å². The molecule has 0 aliphatic heterocycles. The molecule has 0 bridgehead atoms. The number of aromatic nitrogens is 4. The van der Waals surface area contributed by atoms with Crippen LogP contribution in [0.25, 0.3) is 22.3 Å². The summed E-state index contributed by atoms with van der Waals surface area (Å²) in [5.41, 5.74) is 2.66. The van der Waals surface area contributed by atoms with Crippen LogP contribution in [0.5, 0.6) is 0 Å². The highest BCUT2D eigenvalue weighted by Crippen LogP contribution is 2.19. The van der Waals surface area contributed by atoms with Crippen molar-refractivity contribution < 1.29 is 4.39 Å². The summed E-state index contributed by atoms with van der Waals surface area (Å²) < 4.78 is 13.1. The van der Waals surface area contributed by atoms with Crippen LogP contribution >= 0.6 is 0 Å². The first-order valence-electron chi connectivity index (χ1n) is 7.99. The number of fused-ring (bicyclic) bond motifs is 1. The molecule has 4 rings (SSSR count). The third kappa shape index (κ3) is 3.27. The first kappa shape index (κ1) is 15.9. The van der Waals surface area contributed by atoms with E-state index >= 15 is 0 Å². The second-order valence-corrected chi connectivity index (χ2v) is 5.70. The molecule has 1 aromatic carbocycles. The van der Waals surface area contributed by atoms with E-state index < -0.39 is 0 Å². The fourth-order valence-corrected chi connectivity index (χ4v) is 2.58. The second-order valence-electron chi connectivity index (χ2n) is 5.70. The predicted octanol–water partition coefficient (Wildman–Crippen LogP) is 3.13. The normalized spacial score (nSPS) is 10.8. The molecule has 0 radical (unpaired) electrons. The number of nitrogens with one attached hydrogen (secondary N) is 2. The zero-order valence-electron chi connectivity index (χ0n) is 13.6. The Labute approximate surface area is 147 Å². The van der Waals surface area contributed by atoms with Gasteiger partial charge in [-0.3, -0.25) is 14.8 Å². The number of rotatable bonds is 4. The summed E-state index contributed by atoms with van der Waals surface area (Å²) in [7, 11) is 0. The van der Waals surface area contributed by atoms with Crippen LogP contribution in [0, 0.1) is 5.82 Å². The van der Waals surface area contributed by atoms with E-state index in [4.69, 9.17) is 0 Å². The molecule has 7 heteroatoms. The molecule has 2 N–H and O–H groups in total. The molecular formula is C19H14FN5O. The van der Waals surface area contributed by atoms with E-state index in [9.17, 15) is 9.18 Å². The van der Waals surface area contributed by atoms with Gasteiger partial charge in [0, 0.05) is 24.5 Å². The van der Waals surface area contributed by atoms with Crippen LogP contribution in [0.2, 0.25) is 0 Å². The van der Waals surface area contributed by atoms with Gasteiger partial charge < -0.3 is 5.32 Å². The van der Waals surface area contributed by atoms with Gasteiger partial charge in [-0.05, 0) is 48.0 Å². The highest BCUT2D eigenvalue weighted by atomic mass is 19.1. The van der Waals surface area contributed by atoms with Gasteiger partial charge in [-0.15, -0.1) is 0 Å². The Bertz CT molecular complexity index is 1110. The van der Waals surface area contributed by atoms with Gasteiger partial charge in [0.1, 0.15) is 5.82 Å². The minimum Gasteiger partial charge on any atom is -0.352 e. The molecule has 0 aliphatic carbocycles. The quantitative estimate of drug-likeness (QED) is 0.592. The first-order chi connectivity index (χ1) is 12.7. The number of hydrogen-bond acceptors (Lipinski definition) is 5. The average molecular weight is 347 g/mol. The lowest BCUT2D eigenvalue weighted by molar-refractivity contribution is 0.628. The van der Waals surface area contributed by atoms with Crippen LogP contribution in [0.1, 0.15) is 5.56 Å². The highest BCUT2D eigenvalue weighted by Gasteiger charge is 2.08. The summed E-state index contributed by atoms with van der Waals surface area (Å²) >= 11 is 0. The maximum absolute atomic E-state index is 13.1. The van der Waals surface area contributed by atoms with Gasteiger partial charge in [0.15, 0.2) is 5.52 Å². The Morgan fingerprint density at radius 2 is 1.88 bits per heavy atom. The lowest BCUT2D eigenvalue weighted by Crippen LogP contribution is -2.14. The Hall–Kier alpha value is -3.61.